The van der Waals surface area contributed by atoms with E-state index < -0.39 is 0 Å². The Morgan fingerprint density at radius 1 is 0.931 bits per heavy atom. The van der Waals surface area contributed by atoms with E-state index in [-0.39, 0.29) is 5.91 Å². The number of hydrogen-bond acceptors (Lipinski definition) is 4. The minimum absolute atomic E-state index is 0.207. The van der Waals surface area contributed by atoms with E-state index in [4.69, 9.17) is 9.47 Å². The van der Waals surface area contributed by atoms with Crippen LogP contribution in [-0.2, 0) is 17.6 Å². The smallest absolute Gasteiger partial charge is 0.227 e. The van der Waals surface area contributed by atoms with Crippen LogP contribution in [0, 0.1) is 0 Å². The lowest BCUT2D eigenvalue weighted by Gasteiger charge is -2.37. The van der Waals surface area contributed by atoms with Crippen LogP contribution < -0.4 is 9.47 Å². The van der Waals surface area contributed by atoms with Crippen LogP contribution in [0.25, 0.3) is 0 Å². The number of carbonyl (C=O) groups excluding carboxylic acids is 1. The highest BCUT2D eigenvalue weighted by atomic mass is 16.5. The van der Waals surface area contributed by atoms with Gasteiger partial charge in [-0.05, 0) is 74.8 Å². The van der Waals surface area contributed by atoms with E-state index in [1.807, 2.05) is 36.4 Å². The zero-order chi connectivity index (χ0) is 20.6. The molecule has 0 N–H and O–H groups in total. The lowest BCUT2D eigenvalue weighted by atomic mass is 10.0. The lowest BCUT2D eigenvalue weighted by Crippen LogP contribution is -2.47. The number of methoxy groups -OCH3 is 2. The number of benzene rings is 2. The second-order valence-corrected chi connectivity index (χ2v) is 7.74. The van der Waals surface area contributed by atoms with Crippen molar-refractivity contribution in [2.45, 2.75) is 31.7 Å². The number of likely N-dealkylation sites (tertiary alicyclic amines) is 1. The highest BCUT2D eigenvalue weighted by molar-refractivity contribution is 5.79. The molecular formula is C24H32N2O3. The Bertz CT molecular complexity index is 766. The van der Waals surface area contributed by atoms with Gasteiger partial charge >= 0.3 is 0 Å². The standard InChI is InChI=1S/C24H32N2O3/c1-25-15-13-21(14-16-25)26(17-12-19-4-8-22(28-2)9-5-19)24(27)18-20-6-10-23(29-3)11-7-20/h4-11,21H,12-18H2,1-3H3. The summed E-state index contributed by atoms with van der Waals surface area (Å²) in [6, 6.07) is 16.2. The molecule has 1 amide bonds. The van der Waals surface area contributed by atoms with Crippen LogP contribution in [0.5, 0.6) is 11.5 Å². The molecule has 0 bridgehead atoms. The normalized spacial score (nSPS) is 15.1. The highest BCUT2D eigenvalue weighted by Crippen LogP contribution is 2.20. The Labute approximate surface area is 174 Å². The van der Waals surface area contributed by atoms with Crippen LogP contribution in [-0.4, -0.2) is 62.7 Å². The Kier molecular flexibility index (Phi) is 7.53. The van der Waals surface area contributed by atoms with Crippen LogP contribution in [0.2, 0.25) is 0 Å². The van der Waals surface area contributed by atoms with Crippen LogP contribution in [0.1, 0.15) is 24.0 Å². The van der Waals surface area contributed by atoms with Crippen molar-refractivity contribution >= 4 is 5.91 Å². The van der Waals surface area contributed by atoms with Crippen molar-refractivity contribution in [2.24, 2.45) is 0 Å². The number of carbonyl (C=O) groups is 1. The van der Waals surface area contributed by atoms with E-state index in [9.17, 15) is 4.79 Å². The van der Waals surface area contributed by atoms with Gasteiger partial charge in [-0.1, -0.05) is 24.3 Å². The SMILES string of the molecule is COc1ccc(CCN(C(=O)Cc2ccc(OC)cc2)C2CCN(C)CC2)cc1. The first-order valence-electron chi connectivity index (χ1n) is 10.3. The van der Waals surface area contributed by atoms with Crippen LogP contribution in [0.15, 0.2) is 48.5 Å². The molecule has 0 radical (unpaired) electrons. The Morgan fingerprint density at radius 2 is 1.45 bits per heavy atom. The van der Waals surface area contributed by atoms with Gasteiger partial charge in [0.2, 0.25) is 5.91 Å². The molecule has 29 heavy (non-hydrogen) atoms. The van der Waals surface area contributed by atoms with E-state index in [1.54, 1.807) is 14.2 Å². The molecule has 1 aliphatic heterocycles. The van der Waals surface area contributed by atoms with Crippen molar-refractivity contribution in [1.82, 2.24) is 9.80 Å². The third kappa shape index (κ3) is 5.97. The largest absolute Gasteiger partial charge is 0.497 e. The predicted molar refractivity (Wildman–Crippen MR) is 116 cm³/mol. The average molecular weight is 397 g/mol. The van der Waals surface area contributed by atoms with Crippen molar-refractivity contribution in [3.05, 3.63) is 59.7 Å². The van der Waals surface area contributed by atoms with Crippen LogP contribution >= 0.6 is 0 Å². The number of nitrogens with zero attached hydrogens (tertiary/aromatic N) is 2. The summed E-state index contributed by atoms with van der Waals surface area (Å²) in [5.74, 6) is 1.88. The zero-order valence-corrected chi connectivity index (χ0v) is 17.8. The third-order valence-corrected chi connectivity index (χ3v) is 5.76. The van der Waals surface area contributed by atoms with E-state index >= 15 is 0 Å². The molecule has 2 aromatic carbocycles. The van der Waals surface area contributed by atoms with Crippen molar-refractivity contribution < 1.29 is 14.3 Å². The first-order valence-corrected chi connectivity index (χ1v) is 10.3. The third-order valence-electron chi connectivity index (χ3n) is 5.76. The first-order chi connectivity index (χ1) is 14.1. The molecule has 1 fully saturated rings. The van der Waals surface area contributed by atoms with Crippen molar-refractivity contribution in [3.63, 3.8) is 0 Å². The topological polar surface area (TPSA) is 42.0 Å². The minimum atomic E-state index is 0.207. The summed E-state index contributed by atoms with van der Waals surface area (Å²) >= 11 is 0. The van der Waals surface area contributed by atoms with Gasteiger partial charge in [-0.3, -0.25) is 4.79 Å². The van der Waals surface area contributed by atoms with Gasteiger partial charge in [-0.2, -0.15) is 0 Å². The molecule has 2 aromatic rings. The molecule has 1 aliphatic rings. The molecule has 0 unspecified atom stereocenters. The maximum atomic E-state index is 13.2. The first kappa shape index (κ1) is 21.2. The summed E-state index contributed by atoms with van der Waals surface area (Å²) in [7, 11) is 5.48. The molecule has 156 valence electrons. The molecule has 5 nitrogen and oxygen atoms in total. The lowest BCUT2D eigenvalue weighted by molar-refractivity contribution is -0.133. The van der Waals surface area contributed by atoms with Gasteiger partial charge < -0.3 is 19.3 Å². The summed E-state index contributed by atoms with van der Waals surface area (Å²) in [6.45, 7) is 2.83. The van der Waals surface area contributed by atoms with E-state index in [2.05, 4.69) is 29.0 Å². The average Bonchev–Trinajstić information content (AvgIpc) is 2.76. The monoisotopic (exact) mass is 396 g/mol. The van der Waals surface area contributed by atoms with Gasteiger partial charge in [0.1, 0.15) is 11.5 Å². The fraction of sp³-hybridized carbons (Fsp3) is 0.458. The molecule has 5 heteroatoms. The number of rotatable bonds is 8. The number of piperidine rings is 1. The maximum Gasteiger partial charge on any atom is 0.227 e. The fourth-order valence-electron chi connectivity index (χ4n) is 3.88. The van der Waals surface area contributed by atoms with E-state index in [0.29, 0.717) is 12.5 Å². The molecule has 0 saturated carbocycles. The fourth-order valence-corrected chi connectivity index (χ4v) is 3.88. The Hall–Kier alpha value is -2.53. The quantitative estimate of drug-likeness (QED) is 0.686. The van der Waals surface area contributed by atoms with Gasteiger partial charge in [-0.15, -0.1) is 0 Å². The molecule has 0 aliphatic carbocycles. The predicted octanol–water partition coefficient (Wildman–Crippen LogP) is 3.41. The van der Waals surface area contributed by atoms with Crippen LogP contribution in [0.4, 0.5) is 0 Å². The van der Waals surface area contributed by atoms with Gasteiger partial charge in [-0.25, -0.2) is 0 Å². The second-order valence-electron chi connectivity index (χ2n) is 7.74. The van der Waals surface area contributed by atoms with Gasteiger partial charge in [0.15, 0.2) is 0 Å². The number of amides is 1. The second kappa shape index (κ2) is 10.3. The summed E-state index contributed by atoms with van der Waals surface area (Å²) < 4.78 is 10.5. The van der Waals surface area contributed by atoms with Gasteiger partial charge in [0.25, 0.3) is 0 Å². The molecule has 0 aromatic heterocycles. The highest BCUT2D eigenvalue weighted by Gasteiger charge is 2.26. The number of hydrogen-bond donors (Lipinski definition) is 0. The summed E-state index contributed by atoms with van der Waals surface area (Å²) in [5, 5.41) is 0. The summed E-state index contributed by atoms with van der Waals surface area (Å²) in [4.78, 5) is 17.7. The van der Waals surface area contributed by atoms with Crippen molar-refractivity contribution in [3.8, 4) is 11.5 Å². The van der Waals surface area contributed by atoms with E-state index in [0.717, 1.165) is 56.0 Å². The summed E-state index contributed by atoms with van der Waals surface area (Å²) in [5.41, 5.74) is 2.25. The van der Waals surface area contributed by atoms with Crippen molar-refractivity contribution in [2.75, 3.05) is 40.9 Å². The maximum absolute atomic E-state index is 13.2. The van der Waals surface area contributed by atoms with Gasteiger partial charge in [0.05, 0.1) is 20.6 Å². The summed E-state index contributed by atoms with van der Waals surface area (Å²) in [6.07, 6.45) is 3.35. The molecule has 3 rings (SSSR count). The molecule has 1 saturated heterocycles. The van der Waals surface area contributed by atoms with E-state index in [1.165, 1.54) is 5.56 Å². The Balaban J connectivity index is 1.67. The molecule has 0 spiro atoms. The minimum Gasteiger partial charge on any atom is -0.497 e. The molecular weight excluding hydrogens is 364 g/mol. The molecule has 1 heterocycles. The van der Waals surface area contributed by atoms with Gasteiger partial charge in [0, 0.05) is 12.6 Å². The number of ether oxygens (including phenoxy) is 2. The Morgan fingerprint density at radius 3 is 1.97 bits per heavy atom. The molecule has 0 atom stereocenters. The zero-order valence-electron chi connectivity index (χ0n) is 17.8. The van der Waals surface area contributed by atoms with Crippen molar-refractivity contribution in [1.29, 1.82) is 0 Å². The van der Waals surface area contributed by atoms with Crippen LogP contribution in [0.3, 0.4) is 0 Å².